The molecule has 1 aliphatic rings. The minimum atomic E-state index is -2.43. The van der Waals surface area contributed by atoms with Crippen LogP contribution in [0.2, 0.25) is 0 Å². The largest absolute Gasteiger partial charge is 0.298 e. The van der Waals surface area contributed by atoms with Crippen LogP contribution in [0.3, 0.4) is 0 Å². The van der Waals surface area contributed by atoms with Crippen molar-refractivity contribution >= 4 is 0 Å². The summed E-state index contributed by atoms with van der Waals surface area (Å²) in [6.07, 6.45) is 0.0424. The Bertz CT molecular complexity index is 157. The smallest absolute Gasteiger partial charge is 0.250 e. The lowest BCUT2D eigenvalue weighted by Gasteiger charge is -2.39. The summed E-state index contributed by atoms with van der Waals surface area (Å²) < 4.78 is 25.7. The van der Waals surface area contributed by atoms with Gasteiger partial charge in [-0.05, 0) is 20.8 Å². The average molecular weight is 177 g/mol. The van der Waals surface area contributed by atoms with E-state index in [1.807, 2.05) is 6.92 Å². The Morgan fingerprint density at radius 1 is 1.42 bits per heavy atom. The topological polar surface area (TPSA) is 3.24 Å². The zero-order valence-corrected chi connectivity index (χ0v) is 7.98. The van der Waals surface area contributed by atoms with Gasteiger partial charge >= 0.3 is 0 Å². The predicted molar refractivity (Wildman–Crippen MR) is 45.5 cm³/mol. The number of halogens is 2. The van der Waals surface area contributed by atoms with Crippen molar-refractivity contribution < 1.29 is 8.78 Å². The first kappa shape index (κ1) is 9.90. The van der Waals surface area contributed by atoms with Gasteiger partial charge < -0.3 is 0 Å². The second-order valence-electron chi connectivity index (χ2n) is 3.99. The number of likely N-dealkylation sites (tertiary alicyclic amines) is 1. The van der Waals surface area contributed by atoms with Gasteiger partial charge in [0.2, 0.25) is 0 Å². The van der Waals surface area contributed by atoms with Crippen molar-refractivity contribution in [2.75, 3.05) is 6.54 Å². The second-order valence-corrected chi connectivity index (χ2v) is 3.99. The standard InChI is InChI=1S/C9H17F2N/c1-7(2)12-5-4-9(10,11)6-8(12)3/h7-8H,4-6H2,1-3H3. The highest BCUT2D eigenvalue weighted by Gasteiger charge is 2.38. The lowest BCUT2D eigenvalue weighted by Crippen LogP contribution is -2.48. The van der Waals surface area contributed by atoms with Crippen molar-refractivity contribution in [2.45, 2.75) is 51.6 Å². The maximum absolute atomic E-state index is 12.9. The van der Waals surface area contributed by atoms with Crippen molar-refractivity contribution in [1.82, 2.24) is 4.90 Å². The van der Waals surface area contributed by atoms with Crippen LogP contribution in [0, 0.1) is 0 Å². The van der Waals surface area contributed by atoms with Crippen LogP contribution in [0.5, 0.6) is 0 Å². The Morgan fingerprint density at radius 2 is 2.00 bits per heavy atom. The van der Waals surface area contributed by atoms with Gasteiger partial charge in [0, 0.05) is 31.5 Å². The molecule has 0 bridgehead atoms. The Labute approximate surface area is 72.7 Å². The highest BCUT2D eigenvalue weighted by atomic mass is 19.3. The van der Waals surface area contributed by atoms with Gasteiger partial charge in [0.25, 0.3) is 5.92 Å². The van der Waals surface area contributed by atoms with E-state index in [4.69, 9.17) is 0 Å². The van der Waals surface area contributed by atoms with E-state index in [0.29, 0.717) is 12.6 Å². The summed E-state index contributed by atoms with van der Waals surface area (Å²) in [5, 5.41) is 0. The molecule has 1 nitrogen and oxygen atoms in total. The van der Waals surface area contributed by atoms with Crippen molar-refractivity contribution in [3.8, 4) is 0 Å². The quantitative estimate of drug-likeness (QED) is 0.595. The fourth-order valence-corrected chi connectivity index (χ4v) is 1.93. The van der Waals surface area contributed by atoms with Gasteiger partial charge in [-0.15, -0.1) is 0 Å². The third kappa shape index (κ3) is 2.16. The molecule has 1 saturated heterocycles. The second kappa shape index (κ2) is 3.29. The van der Waals surface area contributed by atoms with Crippen molar-refractivity contribution in [3.05, 3.63) is 0 Å². The Hall–Kier alpha value is -0.180. The molecule has 1 aliphatic heterocycles. The number of hydrogen-bond acceptors (Lipinski definition) is 1. The lowest BCUT2D eigenvalue weighted by molar-refractivity contribution is -0.0810. The van der Waals surface area contributed by atoms with Crippen molar-refractivity contribution in [2.24, 2.45) is 0 Å². The van der Waals surface area contributed by atoms with E-state index in [1.54, 1.807) is 0 Å². The monoisotopic (exact) mass is 177 g/mol. The van der Waals surface area contributed by atoms with Gasteiger partial charge in [-0.3, -0.25) is 4.90 Å². The molecule has 0 aromatic rings. The Balaban J connectivity index is 2.54. The summed E-state index contributed by atoms with van der Waals surface area (Å²) in [6.45, 7) is 6.53. The van der Waals surface area contributed by atoms with Crippen molar-refractivity contribution in [3.63, 3.8) is 0 Å². The van der Waals surface area contributed by atoms with Gasteiger partial charge in [-0.2, -0.15) is 0 Å². The van der Waals surface area contributed by atoms with E-state index < -0.39 is 5.92 Å². The van der Waals surface area contributed by atoms with Crippen LogP contribution in [0.1, 0.15) is 33.6 Å². The van der Waals surface area contributed by atoms with Crippen LogP contribution in [0.4, 0.5) is 8.78 Å². The number of piperidine rings is 1. The molecular formula is C9H17F2N. The molecule has 0 spiro atoms. The first-order valence-electron chi connectivity index (χ1n) is 4.56. The summed E-state index contributed by atoms with van der Waals surface area (Å²) in [5.41, 5.74) is 0. The maximum atomic E-state index is 12.9. The molecule has 0 amide bonds. The Morgan fingerprint density at radius 3 is 2.42 bits per heavy atom. The number of alkyl halides is 2. The molecule has 0 aromatic heterocycles. The van der Waals surface area contributed by atoms with E-state index in [9.17, 15) is 8.78 Å². The van der Waals surface area contributed by atoms with Gasteiger partial charge in [0.1, 0.15) is 0 Å². The average Bonchev–Trinajstić information content (AvgIpc) is 1.83. The van der Waals surface area contributed by atoms with Gasteiger partial charge in [-0.25, -0.2) is 8.78 Å². The van der Waals surface area contributed by atoms with Crippen LogP contribution < -0.4 is 0 Å². The predicted octanol–water partition coefficient (Wildman–Crippen LogP) is 2.51. The molecule has 1 fully saturated rings. The zero-order valence-electron chi connectivity index (χ0n) is 7.98. The van der Waals surface area contributed by atoms with E-state index in [1.165, 1.54) is 0 Å². The first-order chi connectivity index (χ1) is 5.42. The van der Waals surface area contributed by atoms with Crippen LogP contribution >= 0.6 is 0 Å². The number of rotatable bonds is 1. The molecule has 0 saturated carbocycles. The van der Waals surface area contributed by atoms with Crippen LogP contribution in [-0.4, -0.2) is 29.5 Å². The third-order valence-corrected chi connectivity index (χ3v) is 2.56. The van der Waals surface area contributed by atoms with E-state index in [2.05, 4.69) is 18.7 Å². The molecule has 0 radical (unpaired) electrons. The van der Waals surface area contributed by atoms with Gasteiger partial charge in [0.15, 0.2) is 0 Å². The molecule has 3 heteroatoms. The molecular weight excluding hydrogens is 160 g/mol. The molecule has 1 rings (SSSR count). The van der Waals surface area contributed by atoms with Crippen LogP contribution in [-0.2, 0) is 0 Å². The fraction of sp³-hybridized carbons (Fsp3) is 1.00. The van der Waals surface area contributed by atoms with Crippen LogP contribution in [0.25, 0.3) is 0 Å². The SMILES string of the molecule is CC(C)N1CCC(F)(F)CC1C. The summed E-state index contributed by atoms with van der Waals surface area (Å²) >= 11 is 0. The van der Waals surface area contributed by atoms with Gasteiger partial charge in [0.05, 0.1) is 0 Å². The molecule has 0 N–H and O–H groups in total. The summed E-state index contributed by atoms with van der Waals surface area (Å²) in [6, 6.07) is 0.407. The van der Waals surface area contributed by atoms with Gasteiger partial charge in [-0.1, -0.05) is 0 Å². The molecule has 0 aliphatic carbocycles. The summed E-state index contributed by atoms with van der Waals surface area (Å²) in [7, 11) is 0. The normalized spacial score (nSPS) is 31.0. The minimum Gasteiger partial charge on any atom is -0.298 e. The lowest BCUT2D eigenvalue weighted by atomic mass is 9.98. The molecule has 1 heterocycles. The minimum absolute atomic E-state index is 0.0190. The molecule has 12 heavy (non-hydrogen) atoms. The van der Waals surface area contributed by atoms with E-state index in [-0.39, 0.29) is 18.9 Å². The molecule has 0 aromatic carbocycles. The third-order valence-electron chi connectivity index (χ3n) is 2.56. The highest BCUT2D eigenvalue weighted by molar-refractivity contribution is 4.84. The number of hydrogen-bond donors (Lipinski definition) is 0. The van der Waals surface area contributed by atoms with E-state index in [0.717, 1.165) is 0 Å². The summed E-state index contributed by atoms with van der Waals surface area (Å²) in [4.78, 5) is 2.14. The van der Waals surface area contributed by atoms with E-state index >= 15 is 0 Å². The molecule has 72 valence electrons. The first-order valence-corrected chi connectivity index (χ1v) is 4.56. The fourth-order valence-electron chi connectivity index (χ4n) is 1.93. The Kier molecular flexibility index (Phi) is 2.71. The highest BCUT2D eigenvalue weighted by Crippen LogP contribution is 2.32. The van der Waals surface area contributed by atoms with Crippen molar-refractivity contribution in [1.29, 1.82) is 0 Å². The molecule has 1 atom stereocenters. The number of nitrogens with zero attached hydrogens (tertiary/aromatic N) is 1. The maximum Gasteiger partial charge on any atom is 0.250 e. The molecule has 1 unspecified atom stereocenters. The zero-order chi connectivity index (χ0) is 9.35. The summed E-state index contributed by atoms with van der Waals surface area (Å²) in [5.74, 6) is -2.43. The van der Waals surface area contributed by atoms with Crippen LogP contribution in [0.15, 0.2) is 0 Å².